The number of esters is 1. The van der Waals surface area contributed by atoms with E-state index in [4.69, 9.17) is 9.15 Å². The van der Waals surface area contributed by atoms with Gasteiger partial charge in [0.1, 0.15) is 17.4 Å². The SMILES string of the molecule is CCC[C@H](NS(=O)(=O)c1ccc(C)cc1)C(=O)Oc1ccc2c(oc(=O)c3ccccc32)c1C. The second kappa shape index (κ2) is 9.40. The first kappa shape index (κ1) is 23.7. The first-order valence-corrected chi connectivity index (χ1v) is 12.5. The van der Waals surface area contributed by atoms with Gasteiger partial charge in [0, 0.05) is 10.9 Å². The van der Waals surface area contributed by atoms with Crippen molar-refractivity contribution in [2.75, 3.05) is 0 Å². The second-order valence-corrected chi connectivity index (χ2v) is 9.91. The Bertz CT molecular complexity index is 1540. The summed E-state index contributed by atoms with van der Waals surface area (Å²) in [5.74, 6) is -0.533. The third-order valence-corrected chi connectivity index (χ3v) is 7.18. The molecule has 0 spiro atoms. The zero-order valence-corrected chi connectivity index (χ0v) is 19.9. The van der Waals surface area contributed by atoms with Crippen LogP contribution in [0.3, 0.4) is 0 Å². The molecule has 0 bridgehead atoms. The summed E-state index contributed by atoms with van der Waals surface area (Å²) >= 11 is 0. The van der Waals surface area contributed by atoms with Crippen LogP contribution in [0.15, 0.2) is 74.8 Å². The maximum Gasteiger partial charge on any atom is 0.344 e. The fraction of sp³-hybridized carbons (Fsp3) is 0.231. The molecule has 176 valence electrons. The third-order valence-electron chi connectivity index (χ3n) is 5.69. The Labute approximate surface area is 197 Å². The number of sulfonamides is 1. The van der Waals surface area contributed by atoms with Crippen LogP contribution in [0.25, 0.3) is 21.7 Å². The van der Waals surface area contributed by atoms with Gasteiger partial charge < -0.3 is 9.15 Å². The number of fused-ring (bicyclic) bond motifs is 3. The number of hydrogen-bond acceptors (Lipinski definition) is 6. The summed E-state index contributed by atoms with van der Waals surface area (Å²) in [5, 5.41) is 1.93. The average Bonchev–Trinajstić information content (AvgIpc) is 2.81. The maximum absolute atomic E-state index is 13.0. The first-order chi connectivity index (χ1) is 16.2. The highest BCUT2D eigenvalue weighted by atomic mass is 32.2. The van der Waals surface area contributed by atoms with Crippen molar-refractivity contribution in [3.63, 3.8) is 0 Å². The predicted molar refractivity (Wildman–Crippen MR) is 131 cm³/mol. The quantitative estimate of drug-likeness (QED) is 0.180. The molecule has 3 aromatic carbocycles. The smallest absolute Gasteiger partial charge is 0.344 e. The van der Waals surface area contributed by atoms with Crippen molar-refractivity contribution in [3.05, 3.63) is 82.2 Å². The summed E-state index contributed by atoms with van der Waals surface area (Å²) in [7, 11) is -3.92. The highest BCUT2D eigenvalue weighted by molar-refractivity contribution is 7.89. The molecule has 0 aliphatic heterocycles. The summed E-state index contributed by atoms with van der Waals surface area (Å²) in [6.45, 7) is 5.40. The van der Waals surface area contributed by atoms with E-state index in [0.29, 0.717) is 23.0 Å². The lowest BCUT2D eigenvalue weighted by molar-refractivity contribution is -0.136. The minimum Gasteiger partial charge on any atom is -0.425 e. The first-order valence-electron chi connectivity index (χ1n) is 11.0. The average molecular weight is 480 g/mol. The van der Waals surface area contributed by atoms with Crippen molar-refractivity contribution in [1.82, 2.24) is 4.72 Å². The molecule has 0 aliphatic rings. The van der Waals surface area contributed by atoms with Crippen LogP contribution in [-0.4, -0.2) is 20.4 Å². The van der Waals surface area contributed by atoms with E-state index in [-0.39, 0.29) is 17.1 Å². The molecule has 1 aromatic heterocycles. The van der Waals surface area contributed by atoms with Gasteiger partial charge in [-0.1, -0.05) is 49.2 Å². The van der Waals surface area contributed by atoms with Gasteiger partial charge in [-0.05, 0) is 56.0 Å². The van der Waals surface area contributed by atoms with Crippen LogP contribution in [-0.2, 0) is 14.8 Å². The topological polar surface area (TPSA) is 103 Å². The van der Waals surface area contributed by atoms with Crippen LogP contribution in [0.4, 0.5) is 0 Å². The molecule has 0 amide bonds. The van der Waals surface area contributed by atoms with Crippen LogP contribution >= 0.6 is 0 Å². The van der Waals surface area contributed by atoms with E-state index in [1.165, 1.54) is 12.1 Å². The van der Waals surface area contributed by atoms with E-state index < -0.39 is 27.7 Å². The molecule has 0 fully saturated rings. The van der Waals surface area contributed by atoms with Crippen molar-refractivity contribution in [2.45, 2.75) is 44.6 Å². The molecule has 4 rings (SSSR count). The van der Waals surface area contributed by atoms with Crippen molar-refractivity contribution >= 4 is 37.7 Å². The number of carbonyl (C=O) groups is 1. The molecule has 1 heterocycles. The van der Waals surface area contributed by atoms with Gasteiger partial charge in [-0.25, -0.2) is 18.0 Å². The predicted octanol–water partition coefficient (Wildman–Crippen LogP) is 4.62. The number of hydrogen-bond donors (Lipinski definition) is 1. The Balaban J connectivity index is 1.65. The van der Waals surface area contributed by atoms with Crippen LogP contribution in [0.2, 0.25) is 0 Å². The summed E-state index contributed by atoms with van der Waals surface area (Å²) in [6.07, 6.45) is 0.823. The minimum absolute atomic E-state index is 0.0718. The Morgan fingerprint density at radius 2 is 1.65 bits per heavy atom. The second-order valence-electron chi connectivity index (χ2n) is 8.20. The molecule has 0 radical (unpaired) electrons. The van der Waals surface area contributed by atoms with E-state index in [1.54, 1.807) is 43.3 Å². The maximum atomic E-state index is 13.0. The van der Waals surface area contributed by atoms with Crippen molar-refractivity contribution in [1.29, 1.82) is 0 Å². The van der Waals surface area contributed by atoms with Crippen LogP contribution in [0, 0.1) is 13.8 Å². The molecule has 0 unspecified atom stereocenters. The van der Waals surface area contributed by atoms with Gasteiger partial charge >= 0.3 is 11.6 Å². The number of aryl methyl sites for hydroxylation is 2. The third kappa shape index (κ3) is 4.60. The molecule has 7 nitrogen and oxygen atoms in total. The van der Waals surface area contributed by atoms with Gasteiger partial charge in [0.05, 0.1) is 10.3 Å². The van der Waals surface area contributed by atoms with E-state index in [2.05, 4.69) is 4.72 Å². The Kier molecular flexibility index (Phi) is 6.54. The molecule has 8 heteroatoms. The molecule has 4 aromatic rings. The number of ether oxygens (including phenoxy) is 1. The van der Waals surface area contributed by atoms with E-state index >= 15 is 0 Å². The summed E-state index contributed by atoms with van der Waals surface area (Å²) in [5.41, 5.74) is 1.24. The van der Waals surface area contributed by atoms with Gasteiger partial charge in [-0.3, -0.25) is 0 Å². The molecule has 1 N–H and O–H groups in total. The Morgan fingerprint density at radius 1 is 0.971 bits per heavy atom. The summed E-state index contributed by atoms with van der Waals surface area (Å²) < 4.78 is 39.2. The van der Waals surface area contributed by atoms with Crippen LogP contribution in [0.1, 0.15) is 30.9 Å². The van der Waals surface area contributed by atoms with E-state index in [9.17, 15) is 18.0 Å². The zero-order valence-electron chi connectivity index (χ0n) is 19.1. The summed E-state index contributed by atoms with van der Waals surface area (Å²) in [6, 6.07) is 15.8. The highest BCUT2D eigenvalue weighted by Gasteiger charge is 2.27. The molecule has 0 aliphatic carbocycles. The lowest BCUT2D eigenvalue weighted by Crippen LogP contribution is -2.42. The summed E-state index contributed by atoms with van der Waals surface area (Å²) in [4.78, 5) is 25.5. The standard InChI is InChI=1S/C26H25NO6S/c1-4-7-22(27-34(30,31)18-12-10-16(2)11-13-18)26(29)32-23-15-14-20-19-8-5-6-9-21(19)25(28)33-24(20)17(23)3/h5-6,8-15,22,27H,4,7H2,1-3H3/t22-/m0/s1. The number of carbonyl (C=O) groups excluding carboxylic acids is 1. The monoisotopic (exact) mass is 479 g/mol. The molecule has 0 saturated heterocycles. The van der Waals surface area contributed by atoms with Crippen LogP contribution in [0.5, 0.6) is 5.75 Å². The largest absolute Gasteiger partial charge is 0.425 e. The molecular formula is C26H25NO6S. The van der Waals surface area contributed by atoms with Crippen molar-refractivity contribution in [2.24, 2.45) is 0 Å². The number of nitrogens with one attached hydrogen (secondary N) is 1. The minimum atomic E-state index is -3.92. The fourth-order valence-electron chi connectivity index (χ4n) is 3.84. The molecule has 34 heavy (non-hydrogen) atoms. The van der Waals surface area contributed by atoms with E-state index in [1.807, 2.05) is 26.0 Å². The fourth-order valence-corrected chi connectivity index (χ4v) is 5.06. The van der Waals surface area contributed by atoms with Crippen molar-refractivity contribution < 1.29 is 22.4 Å². The normalized spacial score (nSPS) is 12.7. The lowest BCUT2D eigenvalue weighted by Gasteiger charge is -2.18. The lowest BCUT2D eigenvalue weighted by atomic mass is 10.0. The van der Waals surface area contributed by atoms with Crippen molar-refractivity contribution in [3.8, 4) is 5.75 Å². The van der Waals surface area contributed by atoms with Gasteiger partial charge in [-0.15, -0.1) is 0 Å². The molecular weight excluding hydrogens is 454 g/mol. The number of benzene rings is 3. The van der Waals surface area contributed by atoms with Gasteiger partial charge in [0.25, 0.3) is 0 Å². The van der Waals surface area contributed by atoms with Gasteiger partial charge in [0.15, 0.2) is 0 Å². The Hall–Kier alpha value is -3.49. The van der Waals surface area contributed by atoms with Crippen LogP contribution < -0.4 is 15.1 Å². The number of rotatable bonds is 7. The van der Waals surface area contributed by atoms with Gasteiger partial charge in [-0.2, -0.15) is 4.72 Å². The van der Waals surface area contributed by atoms with E-state index in [0.717, 1.165) is 16.3 Å². The molecule has 1 atom stereocenters. The molecule has 0 saturated carbocycles. The zero-order chi connectivity index (χ0) is 24.5. The Morgan fingerprint density at radius 3 is 2.32 bits per heavy atom. The van der Waals surface area contributed by atoms with Gasteiger partial charge in [0.2, 0.25) is 10.0 Å². The highest BCUT2D eigenvalue weighted by Crippen LogP contribution is 2.31.